The summed E-state index contributed by atoms with van der Waals surface area (Å²) in [7, 11) is 0. The molecule has 0 unspecified atom stereocenters. The van der Waals surface area contributed by atoms with Gasteiger partial charge in [0, 0.05) is 11.8 Å². The molecule has 0 aliphatic carbocycles. The topological polar surface area (TPSA) is 37.8 Å². The SMILES string of the molecule is c1ccc(-c2cncc(C[C@H]3CCCNCC3)n2)cc1. The first-order valence-electron chi connectivity index (χ1n) is 7.49. The number of nitrogens with zero attached hydrogens (tertiary/aromatic N) is 2. The van der Waals surface area contributed by atoms with Gasteiger partial charge in [-0.1, -0.05) is 30.3 Å². The normalized spacial score (nSPS) is 19.5. The van der Waals surface area contributed by atoms with Crippen molar-refractivity contribution >= 4 is 0 Å². The van der Waals surface area contributed by atoms with Crippen LogP contribution in [-0.4, -0.2) is 23.1 Å². The highest BCUT2D eigenvalue weighted by atomic mass is 14.9. The van der Waals surface area contributed by atoms with Crippen molar-refractivity contribution in [2.24, 2.45) is 5.92 Å². The Hall–Kier alpha value is -1.74. The molecule has 1 N–H and O–H groups in total. The van der Waals surface area contributed by atoms with Crippen LogP contribution in [0.2, 0.25) is 0 Å². The summed E-state index contributed by atoms with van der Waals surface area (Å²) in [6.45, 7) is 2.29. The van der Waals surface area contributed by atoms with Crippen molar-refractivity contribution in [3.63, 3.8) is 0 Å². The largest absolute Gasteiger partial charge is 0.317 e. The molecule has 0 radical (unpaired) electrons. The first-order valence-corrected chi connectivity index (χ1v) is 7.49. The van der Waals surface area contributed by atoms with Gasteiger partial charge in [0.2, 0.25) is 0 Å². The Morgan fingerprint density at radius 1 is 1.05 bits per heavy atom. The van der Waals surface area contributed by atoms with E-state index >= 15 is 0 Å². The molecule has 1 aliphatic rings. The molecule has 0 saturated carbocycles. The number of hydrogen-bond acceptors (Lipinski definition) is 3. The van der Waals surface area contributed by atoms with Crippen LogP contribution in [0.5, 0.6) is 0 Å². The molecule has 1 aliphatic heterocycles. The van der Waals surface area contributed by atoms with E-state index < -0.39 is 0 Å². The molecule has 1 saturated heterocycles. The minimum absolute atomic E-state index is 0.741. The lowest BCUT2D eigenvalue weighted by atomic mass is 9.95. The zero-order valence-corrected chi connectivity index (χ0v) is 11.8. The second kappa shape index (κ2) is 6.62. The second-order valence-corrected chi connectivity index (χ2v) is 5.51. The van der Waals surface area contributed by atoms with Gasteiger partial charge < -0.3 is 5.32 Å². The first-order chi connectivity index (χ1) is 9.92. The van der Waals surface area contributed by atoms with E-state index in [0.717, 1.165) is 42.4 Å². The van der Waals surface area contributed by atoms with Crippen LogP contribution in [0.15, 0.2) is 42.7 Å². The quantitative estimate of drug-likeness (QED) is 0.928. The summed E-state index contributed by atoms with van der Waals surface area (Å²) in [5.74, 6) is 0.741. The maximum absolute atomic E-state index is 4.78. The molecular weight excluding hydrogens is 246 g/mol. The summed E-state index contributed by atoms with van der Waals surface area (Å²) < 4.78 is 0. The Kier molecular flexibility index (Phi) is 4.38. The van der Waals surface area contributed by atoms with E-state index in [1.54, 1.807) is 0 Å². The lowest BCUT2D eigenvalue weighted by Crippen LogP contribution is -2.14. The molecule has 2 aromatic rings. The molecule has 1 atom stereocenters. The van der Waals surface area contributed by atoms with Crippen molar-refractivity contribution in [1.82, 2.24) is 15.3 Å². The molecule has 3 nitrogen and oxygen atoms in total. The van der Waals surface area contributed by atoms with Gasteiger partial charge in [-0.25, -0.2) is 4.98 Å². The standard InChI is InChI=1S/C17H21N3/c1-2-6-15(7-3-1)17-13-19-12-16(20-17)11-14-5-4-9-18-10-8-14/h1-3,6-7,12-14,18H,4-5,8-11H2/t14-/m0/s1. The van der Waals surface area contributed by atoms with Gasteiger partial charge in [-0.15, -0.1) is 0 Å². The fourth-order valence-electron chi connectivity index (χ4n) is 2.84. The van der Waals surface area contributed by atoms with Crippen LogP contribution in [0.4, 0.5) is 0 Å². The molecule has 2 heterocycles. The molecule has 104 valence electrons. The van der Waals surface area contributed by atoms with E-state index in [2.05, 4.69) is 22.4 Å². The minimum Gasteiger partial charge on any atom is -0.317 e. The third-order valence-corrected chi connectivity index (χ3v) is 3.95. The summed E-state index contributed by atoms with van der Waals surface area (Å²) in [6.07, 6.45) is 8.64. The van der Waals surface area contributed by atoms with E-state index in [9.17, 15) is 0 Å². The highest BCUT2D eigenvalue weighted by Crippen LogP contribution is 2.20. The third kappa shape index (κ3) is 3.42. The van der Waals surface area contributed by atoms with Crippen LogP contribution in [0.1, 0.15) is 25.0 Å². The van der Waals surface area contributed by atoms with Gasteiger partial charge in [0.05, 0.1) is 17.6 Å². The fourth-order valence-corrected chi connectivity index (χ4v) is 2.84. The second-order valence-electron chi connectivity index (χ2n) is 5.51. The van der Waals surface area contributed by atoms with Gasteiger partial charge in [-0.3, -0.25) is 4.98 Å². The molecule has 1 aromatic heterocycles. The van der Waals surface area contributed by atoms with Crippen LogP contribution >= 0.6 is 0 Å². The average Bonchev–Trinajstić information content (AvgIpc) is 2.77. The summed E-state index contributed by atoms with van der Waals surface area (Å²) in [5.41, 5.74) is 3.25. The van der Waals surface area contributed by atoms with Crippen LogP contribution in [0, 0.1) is 5.92 Å². The van der Waals surface area contributed by atoms with E-state index in [0.29, 0.717) is 0 Å². The van der Waals surface area contributed by atoms with Crippen molar-refractivity contribution in [3.8, 4) is 11.3 Å². The van der Waals surface area contributed by atoms with E-state index in [1.165, 1.54) is 19.3 Å². The molecule has 1 aromatic carbocycles. The zero-order chi connectivity index (χ0) is 13.6. The van der Waals surface area contributed by atoms with Gasteiger partial charge in [0.25, 0.3) is 0 Å². The van der Waals surface area contributed by atoms with Crippen LogP contribution in [-0.2, 0) is 6.42 Å². The highest BCUT2D eigenvalue weighted by Gasteiger charge is 2.13. The lowest BCUT2D eigenvalue weighted by molar-refractivity contribution is 0.464. The van der Waals surface area contributed by atoms with Gasteiger partial charge >= 0.3 is 0 Å². The number of hydrogen-bond donors (Lipinski definition) is 1. The van der Waals surface area contributed by atoms with Crippen LogP contribution in [0.25, 0.3) is 11.3 Å². The highest BCUT2D eigenvalue weighted by molar-refractivity contribution is 5.57. The fraction of sp³-hybridized carbons (Fsp3) is 0.412. The lowest BCUT2D eigenvalue weighted by Gasteiger charge is -2.13. The van der Waals surface area contributed by atoms with Crippen molar-refractivity contribution in [1.29, 1.82) is 0 Å². The van der Waals surface area contributed by atoms with Crippen molar-refractivity contribution in [3.05, 3.63) is 48.4 Å². The molecule has 1 fully saturated rings. The Morgan fingerprint density at radius 3 is 2.85 bits per heavy atom. The Bertz CT molecular complexity index is 531. The molecule has 20 heavy (non-hydrogen) atoms. The maximum atomic E-state index is 4.78. The monoisotopic (exact) mass is 267 g/mol. The Labute approximate surface area is 120 Å². The first kappa shape index (κ1) is 13.3. The van der Waals surface area contributed by atoms with Crippen molar-refractivity contribution < 1.29 is 0 Å². The molecule has 0 amide bonds. The zero-order valence-electron chi connectivity index (χ0n) is 11.8. The smallest absolute Gasteiger partial charge is 0.0888 e. The molecule has 0 spiro atoms. The maximum Gasteiger partial charge on any atom is 0.0888 e. The summed E-state index contributed by atoms with van der Waals surface area (Å²) in [5, 5.41) is 3.46. The van der Waals surface area contributed by atoms with Gasteiger partial charge in [-0.05, 0) is 44.7 Å². The predicted octanol–water partition coefficient (Wildman–Crippen LogP) is 3.08. The van der Waals surface area contributed by atoms with Crippen LogP contribution in [0.3, 0.4) is 0 Å². The average molecular weight is 267 g/mol. The van der Waals surface area contributed by atoms with E-state index in [-0.39, 0.29) is 0 Å². The number of aromatic nitrogens is 2. The van der Waals surface area contributed by atoms with Gasteiger partial charge in [0.1, 0.15) is 0 Å². The van der Waals surface area contributed by atoms with Crippen LogP contribution < -0.4 is 5.32 Å². The number of benzene rings is 1. The molecule has 3 rings (SSSR count). The third-order valence-electron chi connectivity index (χ3n) is 3.95. The van der Waals surface area contributed by atoms with Gasteiger partial charge in [0.15, 0.2) is 0 Å². The summed E-state index contributed by atoms with van der Waals surface area (Å²) in [4.78, 5) is 9.16. The van der Waals surface area contributed by atoms with Gasteiger partial charge in [-0.2, -0.15) is 0 Å². The summed E-state index contributed by atoms with van der Waals surface area (Å²) >= 11 is 0. The summed E-state index contributed by atoms with van der Waals surface area (Å²) in [6, 6.07) is 10.3. The molecular formula is C17H21N3. The van der Waals surface area contributed by atoms with Crippen molar-refractivity contribution in [2.75, 3.05) is 13.1 Å². The number of rotatable bonds is 3. The van der Waals surface area contributed by atoms with Crippen molar-refractivity contribution in [2.45, 2.75) is 25.7 Å². The van der Waals surface area contributed by atoms with E-state index in [4.69, 9.17) is 4.98 Å². The minimum atomic E-state index is 0.741. The predicted molar refractivity (Wildman–Crippen MR) is 81.4 cm³/mol. The molecule has 3 heteroatoms. The Balaban J connectivity index is 1.74. The number of nitrogens with one attached hydrogen (secondary N) is 1. The Morgan fingerprint density at radius 2 is 1.95 bits per heavy atom. The van der Waals surface area contributed by atoms with E-state index in [1.807, 2.05) is 30.6 Å². The molecule has 0 bridgehead atoms.